The summed E-state index contributed by atoms with van der Waals surface area (Å²) in [6.07, 6.45) is 8.73. The number of para-hydroxylation sites is 3. The second-order valence-electron chi connectivity index (χ2n) is 18.7. The average molecular weight is 932 g/mol. The van der Waals surface area contributed by atoms with Crippen molar-refractivity contribution < 1.29 is 8.78 Å². The molecule has 72 heavy (non-hydrogen) atoms. The highest BCUT2D eigenvalue weighted by Crippen LogP contribution is 2.53. The second-order valence-corrected chi connectivity index (χ2v) is 18.7. The van der Waals surface area contributed by atoms with Crippen LogP contribution < -0.4 is 4.90 Å². The summed E-state index contributed by atoms with van der Waals surface area (Å²) in [5.74, 6) is 0.969. The molecule has 9 aromatic carbocycles. The number of aromatic nitrogens is 6. The van der Waals surface area contributed by atoms with Crippen molar-refractivity contribution in [2.45, 2.75) is 12.0 Å². The minimum atomic E-state index is -0.289. The molecule has 0 N–H and O–H groups in total. The summed E-state index contributed by atoms with van der Waals surface area (Å²) in [6.45, 7) is 0. The lowest BCUT2D eigenvalue weighted by Gasteiger charge is -2.29. The number of anilines is 2. The first kappa shape index (κ1) is 40.4. The van der Waals surface area contributed by atoms with Gasteiger partial charge in [0, 0.05) is 55.2 Å². The summed E-state index contributed by atoms with van der Waals surface area (Å²) in [7, 11) is 0. The molecule has 2 unspecified atom stereocenters. The molecule has 4 aromatic heterocycles. The number of benzene rings is 9. The zero-order chi connectivity index (χ0) is 47.6. The maximum absolute atomic E-state index is 14.5. The first-order valence-corrected chi connectivity index (χ1v) is 24.1. The van der Waals surface area contributed by atoms with Crippen LogP contribution in [0.3, 0.4) is 0 Å². The van der Waals surface area contributed by atoms with Crippen LogP contribution in [0.5, 0.6) is 0 Å². The van der Waals surface area contributed by atoms with Crippen LogP contribution in [0.25, 0.3) is 106 Å². The van der Waals surface area contributed by atoms with Gasteiger partial charge < -0.3 is 9.47 Å². The molecule has 0 radical (unpaired) electrons. The minimum absolute atomic E-state index is 0.000868. The fourth-order valence-corrected chi connectivity index (χ4v) is 11.6. The number of halogens is 2. The molecule has 0 bridgehead atoms. The van der Waals surface area contributed by atoms with Gasteiger partial charge in [-0.05, 0) is 102 Å². The number of hydrogen-bond donors (Lipinski definition) is 0. The molecule has 0 spiro atoms. The van der Waals surface area contributed by atoms with Gasteiger partial charge in [0.1, 0.15) is 11.6 Å². The normalized spacial score (nSPS) is 15.2. The van der Waals surface area contributed by atoms with Crippen molar-refractivity contribution in [1.82, 2.24) is 28.7 Å². The van der Waals surface area contributed by atoms with Crippen LogP contribution in [-0.4, -0.2) is 34.7 Å². The average Bonchev–Trinajstić information content (AvgIpc) is 4.16. The Labute approximate surface area is 411 Å². The van der Waals surface area contributed by atoms with Gasteiger partial charge >= 0.3 is 0 Å². The number of rotatable bonds is 6. The van der Waals surface area contributed by atoms with E-state index in [0.29, 0.717) is 17.7 Å². The van der Waals surface area contributed by atoms with Crippen molar-refractivity contribution in [2.75, 3.05) is 4.90 Å². The van der Waals surface area contributed by atoms with Crippen LogP contribution in [0.1, 0.15) is 11.5 Å². The monoisotopic (exact) mass is 931 g/mol. The highest BCUT2D eigenvalue weighted by molar-refractivity contribution is 6.20. The molecule has 1 aliphatic carbocycles. The van der Waals surface area contributed by atoms with E-state index in [0.717, 1.165) is 99.2 Å². The van der Waals surface area contributed by atoms with Crippen LogP contribution in [-0.2, 0) is 0 Å². The van der Waals surface area contributed by atoms with Gasteiger partial charge in [-0.1, -0.05) is 140 Å². The van der Waals surface area contributed by atoms with Gasteiger partial charge in [0.05, 0.1) is 44.8 Å². The molecular weight excluding hydrogens is 893 g/mol. The van der Waals surface area contributed by atoms with Crippen molar-refractivity contribution in [2.24, 2.45) is 0 Å². The Morgan fingerprint density at radius 3 is 1.58 bits per heavy atom. The molecular formula is C63H39F2N7. The first-order valence-electron chi connectivity index (χ1n) is 24.1. The van der Waals surface area contributed by atoms with Crippen molar-refractivity contribution in [1.29, 1.82) is 0 Å². The highest BCUT2D eigenvalue weighted by atomic mass is 19.1. The molecule has 2 atom stereocenters. The zero-order valence-electron chi connectivity index (χ0n) is 38.4. The van der Waals surface area contributed by atoms with Gasteiger partial charge in [-0.3, -0.25) is 9.13 Å². The van der Waals surface area contributed by atoms with Gasteiger partial charge in [0.2, 0.25) is 11.9 Å². The van der Waals surface area contributed by atoms with E-state index in [4.69, 9.17) is 15.0 Å². The van der Waals surface area contributed by atoms with Gasteiger partial charge in [-0.25, -0.2) is 8.78 Å². The van der Waals surface area contributed by atoms with Gasteiger partial charge in [0.25, 0.3) is 0 Å². The van der Waals surface area contributed by atoms with Gasteiger partial charge in [-0.2, -0.15) is 15.0 Å². The SMILES string of the molecule is Fc1ccc(N2c3c(ccc4c3c3ccccc3n4-c3nc(-c4ccc(-c5ccccc5)cc4)nc(-n4c5ccccc5c5cc6c7ccccc7n(-c7ccc(F)cc7)c6cc54)n3)C3C=CC=CC32)cc1. The van der Waals surface area contributed by atoms with E-state index in [1.54, 1.807) is 0 Å². The smallest absolute Gasteiger partial charge is 0.240 e. The third-order valence-electron chi connectivity index (χ3n) is 14.8. The molecule has 2 aliphatic rings. The van der Waals surface area contributed by atoms with Crippen LogP contribution in [0.15, 0.2) is 224 Å². The predicted octanol–water partition coefficient (Wildman–Crippen LogP) is 15.5. The van der Waals surface area contributed by atoms with E-state index in [1.807, 2.05) is 48.5 Å². The fraction of sp³-hybridized carbons (Fsp3) is 0.0317. The third kappa shape index (κ3) is 5.97. The Hall–Kier alpha value is -9.47. The number of nitrogens with zero attached hydrogens (tertiary/aromatic N) is 7. The maximum Gasteiger partial charge on any atom is 0.240 e. The molecule has 0 amide bonds. The van der Waals surface area contributed by atoms with Crippen molar-refractivity contribution in [3.8, 4) is 40.1 Å². The largest absolute Gasteiger partial charge is 0.333 e. The molecule has 1 aliphatic heterocycles. The van der Waals surface area contributed by atoms with E-state index in [2.05, 4.69) is 170 Å². The van der Waals surface area contributed by atoms with Crippen LogP contribution in [0, 0.1) is 11.6 Å². The molecule has 5 heterocycles. The molecule has 0 saturated heterocycles. The molecule has 15 rings (SSSR count). The predicted molar refractivity (Wildman–Crippen MR) is 287 cm³/mol. The summed E-state index contributed by atoms with van der Waals surface area (Å²) < 4.78 is 35.5. The first-order chi connectivity index (χ1) is 35.5. The third-order valence-corrected chi connectivity index (χ3v) is 14.8. The Kier molecular flexibility index (Phi) is 8.71. The molecule has 0 fully saturated rings. The summed E-state index contributed by atoms with van der Waals surface area (Å²) in [4.78, 5) is 18.8. The van der Waals surface area contributed by atoms with Gasteiger partial charge in [0.15, 0.2) is 5.82 Å². The van der Waals surface area contributed by atoms with Crippen LogP contribution in [0.2, 0.25) is 0 Å². The Morgan fingerprint density at radius 2 is 0.903 bits per heavy atom. The topological polar surface area (TPSA) is 56.7 Å². The molecule has 13 aromatic rings. The molecule has 9 heteroatoms. The van der Waals surface area contributed by atoms with Crippen molar-refractivity contribution in [3.63, 3.8) is 0 Å². The van der Waals surface area contributed by atoms with E-state index >= 15 is 0 Å². The van der Waals surface area contributed by atoms with Crippen LogP contribution in [0.4, 0.5) is 20.2 Å². The maximum atomic E-state index is 14.5. The van der Waals surface area contributed by atoms with Crippen LogP contribution >= 0.6 is 0 Å². The van der Waals surface area contributed by atoms with E-state index < -0.39 is 0 Å². The lowest BCUT2D eigenvalue weighted by Crippen LogP contribution is -2.28. The second kappa shape index (κ2) is 15.5. The summed E-state index contributed by atoms with van der Waals surface area (Å²) in [6, 6.07) is 66.4. The van der Waals surface area contributed by atoms with E-state index in [1.165, 1.54) is 29.8 Å². The Morgan fingerprint density at radius 1 is 0.375 bits per heavy atom. The number of fused-ring (bicyclic) bond motifs is 13. The summed E-state index contributed by atoms with van der Waals surface area (Å²) >= 11 is 0. The van der Waals surface area contributed by atoms with Crippen molar-refractivity contribution >= 4 is 76.8 Å². The number of hydrogen-bond acceptors (Lipinski definition) is 4. The number of allylic oxidation sites excluding steroid dienone is 2. The quantitative estimate of drug-likeness (QED) is 0.167. The summed E-state index contributed by atoms with van der Waals surface area (Å²) in [5.41, 5.74) is 12.8. The zero-order valence-corrected chi connectivity index (χ0v) is 38.4. The van der Waals surface area contributed by atoms with E-state index in [-0.39, 0.29) is 23.6 Å². The highest BCUT2D eigenvalue weighted by Gasteiger charge is 2.40. The van der Waals surface area contributed by atoms with Crippen molar-refractivity contribution in [3.05, 3.63) is 242 Å². The Bertz CT molecular complexity index is 4410. The Balaban J connectivity index is 1.02. The lowest BCUT2D eigenvalue weighted by atomic mass is 9.91. The fourth-order valence-electron chi connectivity index (χ4n) is 11.6. The lowest BCUT2D eigenvalue weighted by molar-refractivity contribution is 0.627. The summed E-state index contributed by atoms with van der Waals surface area (Å²) in [5, 5.41) is 6.40. The molecule has 340 valence electrons. The molecule has 0 saturated carbocycles. The standard InChI is InChI=1S/C63H39F2N7/c64-41-26-30-43(31-27-41)69-52-18-8-5-15-46(52)50-36-51-47-16-6-10-20-54(47)72(58(51)37-57(50)69)63-67-61(40-24-22-39(23-25-40)38-12-2-1-3-13-38)66-62(68-63)71-55-21-11-7-17-49(55)59-56(71)35-34-48-45-14-4-9-19-53(45)70(60(48)59)44-32-28-42(65)29-33-44/h1-37,45,53H. The molecule has 7 nitrogen and oxygen atoms in total. The minimum Gasteiger partial charge on any atom is -0.333 e. The van der Waals surface area contributed by atoms with Gasteiger partial charge in [-0.15, -0.1) is 0 Å². The van der Waals surface area contributed by atoms with E-state index in [9.17, 15) is 8.78 Å².